The van der Waals surface area contributed by atoms with Gasteiger partial charge in [0.05, 0.1) is 20.3 Å². The fourth-order valence-electron chi connectivity index (χ4n) is 6.94. The second-order valence-electron chi connectivity index (χ2n) is 13.6. The molecule has 0 saturated carbocycles. The number of carbonyl (C=O) groups excluding carboxylic acids is 1. The molecule has 1 heterocycles. The maximum absolute atomic E-state index is 13.1. The van der Waals surface area contributed by atoms with E-state index in [2.05, 4.69) is 72.8 Å². The molecule has 5 aromatic rings. The molecule has 5 aromatic carbocycles. The number of unbranched alkanes of at least 4 members (excludes halogenated alkanes) is 5. The molecule has 0 spiro atoms. The molecule has 1 unspecified atom stereocenters. The molecule has 1 fully saturated rings. The Balaban J connectivity index is 1.00. The van der Waals surface area contributed by atoms with Crippen molar-refractivity contribution in [3.8, 4) is 11.5 Å². The number of benzene rings is 5. The molecule has 1 aliphatic rings. The molecule has 6 rings (SSSR count). The summed E-state index contributed by atoms with van der Waals surface area (Å²) in [7, 11) is 1.63. The Kier molecular flexibility index (Phi) is 13.5. The predicted octanol–water partition coefficient (Wildman–Crippen LogP) is 10.3. The maximum Gasteiger partial charge on any atom is 0.334 e. The van der Waals surface area contributed by atoms with Crippen molar-refractivity contribution >= 4 is 5.97 Å². The minimum absolute atomic E-state index is 0.194. The first-order chi connectivity index (χ1) is 26.1. The van der Waals surface area contributed by atoms with Gasteiger partial charge in [-0.3, -0.25) is 0 Å². The summed E-state index contributed by atoms with van der Waals surface area (Å²) < 4.78 is 30.5. The third-order valence-electron chi connectivity index (χ3n) is 9.72. The van der Waals surface area contributed by atoms with Crippen molar-refractivity contribution in [2.75, 3.05) is 26.9 Å². The van der Waals surface area contributed by atoms with Crippen LogP contribution in [-0.2, 0) is 31.2 Å². The zero-order valence-corrected chi connectivity index (χ0v) is 30.7. The second kappa shape index (κ2) is 19.1. The summed E-state index contributed by atoms with van der Waals surface area (Å²) in [5.74, 6) is 1.14. The van der Waals surface area contributed by atoms with Crippen LogP contribution in [0.2, 0.25) is 0 Å². The summed E-state index contributed by atoms with van der Waals surface area (Å²) in [4.78, 5) is 13.1. The Morgan fingerprint density at radius 3 is 1.75 bits per heavy atom. The Labute approximate surface area is 314 Å². The topological polar surface area (TPSA) is 63.2 Å². The van der Waals surface area contributed by atoms with Crippen molar-refractivity contribution in [3.63, 3.8) is 0 Å². The van der Waals surface area contributed by atoms with Gasteiger partial charge in [-0.1, -0.05) is 147 Å². The normalized spacial score (nSPS) is 16.4. The minimum Gasteiger partial charge on any atom is -0.497 e. The SMILES string of the molecule is COc1ccc(OCC2(COCc3ccccc3)C/C(=C\CCCCCCCOC(c3ccccc3)(c3ccccc3)c3ccccc3)C(=O)O2)cc1. The van der Waals surface area contributed by atoms with Gasteiger partial charge in [-0.05, 0) is 65.8 Å². The van der Waals surface area contributed by atoms with Gasteiger partial charge in [0.1, 0.15) is 23.7 Å². The third-order valence-corrected chi connectivity index (χ3v) is 9.72. The van der Waals surface area contributed by atoms with Crippen LogP contribution in [0.5, 0.6) is 11.5 Å². The second-order valence-corrected chi connectivity index (χ2v) is 13.6. The van der Waals surface area contributed by atoms with E-state index in [0.717, 1.165) is 66.5 Å². The van der Waals surface area contributed by atoms with E-state index in [4.69, 9.17) is 23.7 Å². The van der Waals surface area contributed by atoms with Gasteiger partial charge in [-0.15, -0.1) is 0 Å². The van der Waals surface area contributed by atoms with Crippen molar-refractivity contribution in [3.05, 3.63) is 179 Å². The summed E-state index contributed by atoms with van der Waals surface area (Å²) in [5, 5.41) is 0. The van der Waals surface area contributed by atoms with Crippen molar-refractivity contribution in [2.45, 2.75) is 62.8 Å². The lowest BCUT2D eigenvalue weighted by Gasteiger charge is -2.36. The molecule has 0 bridgehead atoms. The highest BCUT2D eigenvalue weighted by atomic mass is 16.6. The standard InChI is InChI=1S/C47H50O6/c1-49-43-29-31-44(32-30-43)51-37-46(36-50-35-38-20-10-6-11-21-38)34-39(45(48)53-46)22-12-4-2-3-5-19-33-52-47(40-23-13-7-14-24-40,41-25-15-8-16-26-41)42-27-17-9-18-28-42/h6-11,13-18,20-32H,2-5,12,19,33-37H2,1H3/b39-22+. The summed E-state index contributed by atoms with van der Waals surface area (Å²) in [5.41, 5.74) is 3.53. The molecular formula is C47H50O6. The van der Waals surface area contributed by atoms with Crippen molar-refractivity contribution < 1.29 is 28.5 Å². The average molecular weight is 711 g/mol. The molecule has 274 valence electrons. The summed E-state index contributed by atoms with van der Waals surface area (Å²) >= 11 is 0. The molecule has 0 radical (unpaired) electrons. The Morgan fingerprint density at radius 1 is 0.642 bits per heavy atom. The van der Waals surface area contributed by atoms with Crippen molar-refractivity contribution in [1.82, 2.24) is 0 Å². The predicted molar refractivity (Wildman–Crippen MR) is 209 cm³/mol. The molecule has 0 N–H and O–H groups in total. The van der Waals surface area contributed by atoms with Crippen LogP contribution in [-0.4, -0.2) is 38.5 Å². The van der Waals surface area contributed by atoms with Gasteiger partial charge >= 0.3 is 5.97 Å². The van der Waals surface area contributed by atoms with Gasteiger partial charge in [-0.25, -0.2) is 4.79 Å². The van der Waals surface area contributed by atoms with E-state index in [9.17, 15) is 4.79 Å². The van der Waals surface area contributed by atoms with E-state index in [0.29, 0.717) is 31.0 Å². The quantitative estimate of drug-likeness (QED) is 0.0347. The maximum atomic E-state index is 13.1. The largest absolute Gasteiger partial charge is 0.497 e. The van der Waals surface area contributed by atoms with Crippen LogP contribution >= 0.6 is 0 Å². The monoisotopic (exact) mass is 710 g/mol. The van der Waals surface area contributed by atoms with Crippen LogP contribution in [0.25, 0.3) is 0 Å². The Morgan fingerprint density at radius 2 is 1.17 bits per heavy atom. The lowest BCUT2D eigenvalue weighted by molar-refractivity contribution is -0.156. The van der Waals surface area contributed by atoms with E-state index in [-0.39, 0.29) is 19.2 Å². The van der Waals surface area contributed by atoms with Crippen molar-refractivity contribution in [2.24, 2.45) is 0 Å². The third kappa shape index (κ3) is 10.0. The molecular weight excluding hydrogens is 661 g/mol. The minimum atomic E-state index is -0.897. The Hall–Kier alpha value is -5.17. The van der Waals surface area contributed by atoms with Gasteiger partial charge in [-0.2, -0.15) is 0 Å². The van der Waals surface area contributed by atoms with E-state index in [1.165, 1.54) is 0 Å². The molecule has 0 aliphatic carbocycles. The van der Waals surface area contributed by atoms with Crippen LogP contribution in [0.4, 0.5) is 0 Å². The number of esters is 1. The summed E-state index contributed by atoms with van der Waals surface area (Å²) in [6, 6.07) is 49.0. The van der Waals surface area contributed by atoms with Gasteiger partial charge in [0.25, 0.3) is 0 Å². The lowest BCUT2D eigenvalue weighted by atomic mass is 9.80. The number of ether oxygens (including phenoxy) is 5. The number of hydrogen-bond acceptors (Lipinski definition) is 6. The zero-order valence-electron chi connectivity index (χ0n) is 30.7. The van der Waals surface area contributed by atoms with E-state index in [1.807, 2.05) is 78.9 Å². The van der Waals surface area contributed by atoms with E-state index < -0.39 is 11.2 Å². The molecule has 6 nitrogen and oxygen atoms in total. The number of carbonyl (C=O) groups is 1. The summed E-state index contributed by atoms with van der Waals surface area (Å²) in [6.07, 6.45) is 8.51. The molecule has 53 heavy (non-hydrogen) atoms. The van der Waals surface area contributed by atoms with Crippen LogP contribution in [0.1, 0.15) is 67.2 Å². The van der Waals surface area contributed by atoms with Gasteiger partial charge < -0.3 is 23.7 Å². The molecule has 6 heteroatoms. The fraction of sp³-hybridized carbons (Fsp3) is 0.298. The fourth-order valence-corrected chi connectivity index (χ4v) is 6.94. The number of hydrogen-bond donors (Lipinski definition) is 0. The van der Waals surface area contributed by atoms with Crippen LogP contribution in [0.15, 0.2) is 157 Å². The van der Waals surface area contributed by atoms with Crippen LogP contribution in [0, 0.1) is 0 Å². The molecule has 1 aliphatic heterocycles. The number of cyclic esters (lactones) is 1. The van der Waals surface area contributed by atoms with Crippen LogP contribution in [0.3, 0.4) is 0 Å². The highest BCUT2D eigenvalue weighted by Crippen LogP contribution is 2.40. The van der Waals surface area contributed by atoms with E-state index in [1.54, 1.807) is 7.11 Å². The molecule has 0 aromatic heterocycles. The first-order valence-corrected chi connectivity index (χ1v) is 18.7. The summed E-state index contributed by atoms with van der Waals surface area (Å²) in [6.45, 7) is 1.50. The number of methoxy groups -OCH3 is 1. The van der Waals surface area contributed by atoms with E-state index >= 15 is 0 Å². The van der Waals surface area contributed by atoms with Crippen molar-refractivity contribution in [1.29, 1.82) is 0 Å². The lowest BCUT2D eigenvalue weighted by Crippen LogP contribution is -2.40. The first kappa shape index (κ1) is 37.6. The highest BCUT2D eigenvalue weighted by molar-refractivity contribution is 5.91. The highest BCUT2D eigenvalue weighted by Gasteiger charge is 2.45. The molecule has 1 saturated heterocycles. The van der Waals surface area contributed by atoms with Gasteiger partial charge in [0.15, 0.2) is 5.60 Å². The average Bonchev–Trinajstić information content (AvgIpc) is 3.54. The van der Waals surface area contributed by atoms with Crippen LogP contribution < -0.4 is 9.47 Å². The zero-order chi connectivity index (χ0) is 36.6. The molecule has 0 amide bonds. The Bertz CT molecular complexity index is 1750. The molecule has 1 atom stereocenters. The number of allylic oxidation sites excluding steroid dienone is 1. The van der Waals surface area contributed by atoms with Gasteiger partial charge in [0.2, 0.25) is 0 Å². The number of rotatable bonds is 20. The smallest absolute Gasteiger partial charge is 0.334 e. The first-order valence-electron chi connectivity index (χ1n) is 18.7. The van der Waals surface area contributed by atoms with Gasteiger partial charge in [0, 0.05) is 18.6 Å².